The van der Waals surface area contributed by atoms with Gasteiger partial charge in [-0.05, 0) is 35.9 Å². The lowest BCUT2D eigenvalue weighted by molar-refractivity contribution is -0.117. The van der Waals surface area contributed by atoms with Gasteiger partial charge in [0.1, 0.15) is 5.75 Å². The number of anilines is 1. The summed E-state index contributed by atoms with van der Waals surface area (Å²) < 4.78 is 10.4. The standard InChI is InChI=1S/C20H15N3O5/c1-27-13-6-2-5-12(11-13)16-15(17(24)14-7-3-10-28-14)18(25)19(26)23(16)20-21-8-4-9-22-20/h2-11,16,25H,1H3/t16-/m1/s1. The topological polar surface area (TPSA) is 106 Å². The number of hydrogen-bond acceptors (Lipinski definition) is 7. The largest absolute Gasteiger partial charge is 0.503 e. The van der Waals surface area contributed by atoms with Crippen LogP contribution in [0, 0.1) is 0 Å². The highest BCUT2D eigenvalue weighted by molar-refractivity contribution is 6.19. The normalized spacial score (nSPS) is 16.5. The van der Waals surface area contributed by atoms with Crippen LogP contribution in [0.25, 0.3) is 0 Å². The number of hydrogen-bond donors (Lipinski definition) is 1. The molecule has 8 nitrogen and oxygen atoms in total. The Morgan fingerprint density at radius 1 is 1.18 bits per heavy atom. The van der Waals surface area contributed by atoms with Gasteiger partial charge in [-0.3, -0.25) is 14.5 Å². The van der Waals surface area contributed by atoms with Gasteiger partial charge in [0.25, 0.3) is 5.91 Å². The first-order valence-electron chi connectivity index (χ1n) is 8.37. The van der Waals surface area contributed by atoms with Crippen molar-refractivity contribution in [3.63, 3.8) is 0 Å². The smallest absolute Gasteiger partial charge is 0.296 e. The molecule has 0 radical (unpaired) electrons. The van der Waals surface area contributed by atoms with Crippen LogP contribution in [0.5, 0.6) is 5.75 Å². The highest BCUT2D eigenvalue weighted by Gasteiger charge is 2.46. The van der Waals surface area contributed by atoms with Gasteiger partial charge in [-0.25, -0.2) is 9.97 Å². The second-order valence-corrected chi connectivity index (χ2v) is 5.97. The molecule has 1 amide bonds. The first-order valence-corrected chi connectivity index (χ1v) is 8.37. The summed E-state index contributed by atoms with van der Waals surface area (Å²) in [5.41, 5.74) is 0.444. The van der Waals surface area contributed by atoms with Crippen LogP contribution in [0.4, 0.5) is 5.95 Å². The van der Waals surface area contributed by atoms with E-state index in [1.165, 1.54) is 36.7 Å². The van der Waals surface area contributed by atoms with Crippen molar-refractivity contribution in [2.45, 2.75) is 6.04 Å². The third kappa shape index (κ3) is 2.81. The Kier molecular flexibility index (Phi) is 4.36. The number of nitrogens with zero attached hydrogens (tertiary/aromatic N) is 3. The molecule has 3 aromatic rings. The number of amides is 1. The summed E-state index contributed by atoms with van der Waals surface area (Å²) >= 11 is 0. The number of methoxy groups -OCH3 is 1. The molecule has 0 aliphatic carbocycles. The minimum absolute atomic E-state index is 0.0121. The second kappa shape index (κ2) is 6.99. The highest BCUT2D eigenvalue weighted by atomic mass is 16.5. The van der Waals surface area contributed by atoms with Crippen molar-refractivity contribution in [1.82, 2.24) is 9.97 Å². The Morgan fingerprint density at radius 3 is 2.64 bits per heavy atom. The van der Waals surface area contributed by atoms with Crippen LogP contribution in [-0.2, 0) is 4.79 Å². The molecule has 0 saturated heterocycles. The summed E-state index contributed by atoms with van der Waals surface area (Å²) in [5, 5.41) is 10.6. The molecule has 0 spiro atoms. The van der Waals surface area contributed by atoms with E-state index in [0.29, 0.717) is 11.3 Å². The van der Waals surface area contributed by atoms with Crippen LogP contribution in [0.3, 0.4) is 0 Å². The van der Waals surface area contributed by atoms with Crippen molar-refractivity contribution in [3.05, 3.63) is 83.8 Å². The van der Waals surface area contributed by atoms with E-state index in [-0.39, 0.29) is 17.3 Å². The van der Waals surface area contributed by atoms with Gasteiger partial charge in [-0.1, -0.05) is 12.1 Å². The van der Waals surface area contributed by atoms with Gasteiger partial charge in [0.2, 0.25) is 11.7 Å². The van der Waals surface area contributed by atoms with Gasteiger partial charge in [0.05, 0.1) is 25.0 Å². The molecule has 28 heavy (non-hydrogen) atoms. The first kappa shape index (κ1) is 17.5. The molecule has 0 bridgehead atoms. The molecule has 0 fully saturated rings. The Morgan fingerprint density at radius 2 is 1.96 bits per heavy atom. The van der Waals surface area contributed by atoms with Crippen molar-refractivity contribution in [2.24, 2.45) is 0 Å². The maximum Gasteiger partial charge on any atom is 0.296 e. The van der Waals surface area contributed by atoms with Crippen molar-refractivity contribution < 1.29 is 23.8 Å². The van der Waals surface area contributed by atoms with Crippen molar-refractivity contribution in [1.29, 1.82) is 0 Å². The maximum absolute atomic E-state index is 13.0. The number of aromatic nitrogens is 2. The Bertz CT molecular complexity index is 1060. The zero-order chi connectivity index (χ0) is 19.7. The quantitative estimate of drug-likeness (QED) is 0.682. The number of aliphatic hydroxyl groups is 1. The predicted molar refractivity (Wildman–Crippen MR) is 97.9 cm³/mol. The molecule has 2 aromatic heterocycles. The lowest BCUT2D eigenvalue weighted by atomic mass is 9.95. The van der Waals surface area contributed by atoms with Gasteiger partial charge < -0.3 is 14.3 Å². The zero-order valence-corrected chi connectivity index (χ0v) is 14.8. The van der Waals surface area contributed by atoms with Gasteiger partial charge in [-0.15, -0.1) is 0 Å². The number of furan rings is 1. The van der Waals surface area contributed by atoms with Gasteiger partial charge in [-0.2, -0.15) is 0 Å². The second-order valence-electron chi connectivity index (χ2n) is 5.97. The third-order valence-electron chi connectivity index (χ3n) is 4.37. The lowest BCUT2D eigenvalue weighted by Gasteiger charge is -2.24. The summed E-state index contributed by atoms with van der Waals surface area (Å²) in [5.74, 6) is -1.42. The van der Waals surface area contributed by atoms with E-state index in [0.717, 1.165) is 0 Å². The molecular formula is C20H15N3O5. The lowest BCUT2D eigenvalue weighted by Crippen LogP contribution is -2.32. The van der Waals surface area contributed by atoms with Gasteiger partial charge >= 0.3 is 0 Å². The number of ether oxygens (including phenoxy) is 1. The SMILES string of the molecule is COc1cccc([C@@H]2C(C(=O)c3ccco3)=C(O)C(=O)N2c2ncccn2)c1. The average molecular weight is 377 g/mol. The molecule has 1 aliphatic heterocycles. The molecule has 140 valence electrons. The molecule has 0 saturated carbocycles. The van der Waals surface area contributed by atoms with Crippen LogP contribution in [-0.4, -0.2) is 33.9 Å². The Labute approximate surface area is 159 Å². The monoisotopic (exact) mass is 377 g/mol. The Hall–Kier alpha value is -3.94. The van der Waals surface area contributed by atoms with E-state index in [4.69, 9.17) is 9.15 Å². The highest BCUT2D eigenvalue weighted by Crippen LogP contribution is 2.41. The summed E-state index contributed by atoms with van der Waals surface area (Å²) in [6.07, 6.45) is 4.30. The molecule has 8 heteroatoms. The molecule has 3 heterocycles. The third-order valence-corrected chi connectivity index (χ3v) is 4.37. The Balaban J connectivity index is 1.89. The minimum atomic E-state index is -0.942. The molecule has 1 N–H and O–H groups in total. The number of Topliss-reactive ketones (excluding diaryl/α,β-unsaturated/α-hetero) is 1. The molecule has 0 unspecified atom stereocenters. The van der Waals surface area contributed by atoms with E-state index in [1.807, 2.05) is 0 Å². The maximum atomic E-state index is 13.0. The van der Waals surface area contributed by atoms with Gasteiger partial charge in [0.15, 0.2) is 11.5 Å². The first-order chi connectivity index (χ1) is 13.6. The van der Waals surface area contributed by atoms with E-state index < -0.39 is 23.5 Å². The number of rotatable bonds is 5. The zero-order valence-electron chi connectivity index (χ0n) is 14.8. The van der Waals surface area contributed by atoms with Crippen LogP contribution in [0.1, 0.15) is 22.2 Å². The fraction of sp³-hybridized carbons (Fsp3) is 0.100. The minimum Gasteiger partial charge on any atom is -0.503 e. The van der Waals surface area contributed by atoms with E-state index in [1.54, 1.807) is 36.4 Å². The van der Waals surface area contributed by atoms with Crippen molar-refractivity contribution in [2.75, 3.05) is 12.0 Å². The van der Waals surface area contributed by atoms with Crippen LogP contribution < -0.4 is 9.64 Å². The van der Waals surface area contributed by atoms with E-state index in [2.05, 4.69) is 9.97 Å². The fourth-order valence-electron chi connectivity index (χ4n) is 3.13. The van der Waals surface area contributed by atoms with Crippen LogP contribution in [0.2, 0.25) is 0 Å². The van der Waals surface area contributed by atoms with Crippen LogP contribution >= 0.6 is 0 Å². The molecule has 1 aliphatic rings. The van der Waals surface area contributed by atoms with Gasteiger partial charge in [0, 0.05) is 12.4 Å². The number of ketones is 1. The number of aliphatic hydroxyl groups excluding tert-OH is 1. The molecular weight excluding hydrogens is 362 g/mol. The predicted octanol–water partition coefficient (Wildman–Crippen LogP) is 2.86. The fourth-order valence-corrected chi connectivity index (χ4v) is 3.13. The number of carbonyl (C=O) groups is 2. The van der Waals surface area contributed by atoms with E-state index >= 15 is 0 Å². The average Bonchev–Trinajstić information content (AvgIpc) is 3.36. The molecule has 1 atom stereocenters. The van der Waals surface area contributed by atoms with E-state index in [9.17, 15) is 14.7 Å². The summed E-state index contributed by atoms with van der Waals surface area (Å²) in [6.45, 7) is 0. The van der Waals surface area contributed by atoms with Crippen molar-refractivity contribution in [3.8, 4) is 5.75 Å². The van der Waals surface area contributed by atoms with Crippen LogP contribution in [0.15, 0.2) is 76.9 Å². The van der Waals surface area contributed by atoms with Crippen molar-refractivity contribution >= 4 is 17.6 Å². The number of carbonyl (C=O) groups excluding carboxylic acids is 2. The summed E-state index contributed by atoms with van der Waals surface area (Å²) in [7, 11) is 1.51. The number of benzene rings is 1. The molecule has 4 rings (SSSR count). The molecule has 1 aromatic carbocycles. The summed E-state index contributed by atoms with van der Waals surface area (Å²) in [4.78, 5) is 35.3. The summed E-state index contributed by atoms with van der Waals surface area (Å²) in [6, 6.07) is 10.6.